The van der Waals surface area contributed by atoms with Gasteiger partial charge in [-0.15, -0.1) is 0 Å². The topological polar surface area (TPSA) is 55.1 Å². The Kier molecular flexibility index (Phi) is 3.28. The van der Waals surface area contributed by atoms with Gasteiger partial charge in [-0.05, 0) is 17.7 Å². The number of rotatable bonds is 3. The molecule has 3 aromatic rings. The Labute approximate surface area is 123 Å². The second-order valence-corrected chi connectivity index (χ2v) is 5.27. The summed E-state index contributed by atoms with van der Waals surface area (Å²) in [6, 6.07) is 15.2. The molecule has 1 aromatic heterocycles. The molecule has 3 rings (SSSR count). The van der Waals surface area contributed by atoms with Gasteiger partial charge in [-0.25, -0.2) is 4.79 Å². The minimum atomic E-state index is -1.01. The highest BCUT2D eigenvalue weighted by molar-refractivity contribution is 9.10. The van der Waals surface area contributed by atoms with Crippen LogP contribution in [0.5, 0.6) is 0 Å². The Hall–Kier alpha value is -2.14. The Balaban J connectivity index is 2.13. The fourth-order valence-electron chi connectivity index (χ4n) is 2.19. The molecule has 0 saturated heterocycles. The van der Waals surface area contributed by atoms with Crippen molar-refractivity contribution in [1.29, 1.82) is 0 Å². The molecule has 0 bridgehead atoms. The fourth-order valence-corrected chi connectivity index (χ4v) is 2.60. The highest BCUT2D eigenvalue weighted by atomic mass is 79.9. The standard InChI is InChI=1S/C15H11BrN2O2/c16-12-7-3-1-5-10(12)9-18-13-8-4-2-6-11(13)14(17-18)15(19)20/h1-8H,9H2,(H,19,20). The van der Waals surface area contributed by atoms with Crippen molar-refractivity contribution in [2.75, 3.05) is 0 Å². The number of carbonyl (C=O) groups is 1. The number of benzene rings is 2. The summed E-state index contributed by atoms with van der Waals surface area (Å²) in [5.74, 6) is -1.01. The molecule has 20 heavy (non-hydrogen) atoms. The molecule has 1 heterocycles. The molecule has 0 saturated carbocycles. The second-order valence-electron chi connectivity index (χ2n) is 4.42. The summed E-state index contributed by atoms with van der Waals surface area (Å²) in [4.78, 5) is 11.3. The van der Waals surface area contributed by atoms with Crippen LogP contribution in [-0.4, -0.2) is 20.9 Å². The van der Waals surface area contributed by atoms with Crippen molar-refractivity contribution in [2.45, 2.75) is 6.54 Å². The predicted octanol–water partition coefficient (Wildman–Crippen LogP) is 3.55. The lowest BCUT2D eigenvalue weighted by Crippen LogP contribution is -2.04. The summed E-state index contributed by atoms with van der Waals surface area (Å²) in [5.41, 5.74) is 1.96. The summed E-state index contributed by atoms with van der Waals surface area (Å²) in [6.45, 7) is 0.523. The van der Waals surface area contributed by atoms with Crippen molar-refractivity contribution in [3.05, 3.63) is 64.3 Å². The number of aromatic nitrogens is 2. The first-order chi connectivity index (χ1) is 9.66. The number of carboxylic acid groups (broad SMARTS) is 1. The molecule has 2 aromatic carbocycles. The molecule has 0 aliphatic heterocycles. The molecule has 0 atom stereocenters. The van der Waals surface area contributed by atoms with E-state index in [2.05, 4.69) is 21.0 Å². The number of carboxylic acids is 1. The lowest BCUT2D eigenvalue weighted by atomic mass is 10.2. The van der Waals surface area contributed by atoms with Crippen molar-refractivity contribution >= 4 is 32.8 Å². The molecule has 1 N–H and O–H groups in total. The number of halogens is 1. The van der Waals surface area contributed by atoms with Gasteiger partial charge in [0.25, 0.3) is 0 Å². The van der Waals surface area contributed by atoms with Crippen molar-refractivity contribution in [3.8, 4) is 0 Å². The van der Waals surface area contributed by atoms with Crippen LogP contribution in [0.25, 0.3) is 10.9 Å². The molecule has 0 spiro atoms. The highest BCUT2D eigenvalue weighted by Gasteiger charge is 2.16. The Bertz CT molecular complexity index is 795. The van der Waals surface area contributed by atoms with Crippen molar-refractivity contribution < 1.29 is 9.90 Å². The van der Waals surface area contributed by atoms with Crippen LogP contribution in [0.2, 0.25) is 0 Å². The number of aromatic carboxylic acids is 1. The van der Waals surface area contributed by atoms with E-state index >= 15 is 0 Å². The molecule has 0 aliphatic carbocycles. The highest BCUT2D eigenvalue weighted by Crippen LogP contribution is 2.22. The zero-order valence-corrected chi connectivity index (χ0v) is 12.0. The molecule has 5 heteroatoms. The van der Waals surface area contributed by atoms with Gasteiger partial charge in [0, 0.05) is 9.86 Å². The molecular weight excluding hydrogens is 320 g/mol. The van der Waals surface area contributed by atoms with Gasteiger partial charge in [0.05, 0.1) is 12.1 Å². The lowest BCUT2D eigenvalue weighted by molar-refractivity contribution is 0.0691. The number of fused-ring (bicyclic) bond motifs is 1. The zero-order chi connectivity index (χ0) is 14.1. The SMILES string of the molecule is O=C(O)c1nn(Cc2ccccc2Br)c2ccccc12. The molecule has 0 amide bonds. The maximum Gasteiger partial charge on any atom is 0.357 e. The van der Waals surface area contributed by atoms with Gasteiger partial charge in [-0.1, -0.05) is 52.3 Å². The Morgan fingerprint density at radius 3 is 2.60 bits per heavy atom. The van der Waals surface area contributed by atoms with Gasteiger partial charge < -0.3 is 5.11 Å². The third kappa shape index (κ3) is 2.20. The minimum absolute atomic E-state index is 0.0904. The van der Waals surface area contributed by atoms with Gasteiger partial charge in [-0.3, -0.25) is 4.68 Å². The molecule has 0 unspecified atom stereocenters. The van der Waals surface area contributed by atoms with Crippen LogP contribution in [0, 0.1) is 0 Å². The van der Waals surface area contributed by atoms with Gasteiger partial charge in [-0.2, -0.15) is 5.10 Å². The minimum Gasteiger partial charge on any atom is -0.476 e. The Morgan fingerprint density at radius 2 is 1.85 bits per heavy atom. The predicted molar refractivity (Wildman–Crippen MR) is 79.9 cm³/mol. The third-order valence-corrected chi connectivity index (χ3v) is 3.91. The number of para-hydroxylation sites is 1. The number of hydrogen-bond donors (Lipinski definition) is 1. The molecule has 0 aliphatic rings. The normalized spacial score (nSPS) is 10.8. The van der Waals surface area contributed by atoms with Gasteiger partial charge in [0.1, 0.15) is 0 Å². The maximum absolute atomic E-state index is 11.3. The first-order valence-electron chi connectivity index (χ1n) is 6.09. The van der Waals surface area contributed by atoms with Crippen LogP contribution >= 0.6 is 15.9 Å². The van der Waals surface area contributed by atoms with Crippen LogP contribution in [-0.2, 0) is 6.54 Å². The van der Waals surface area contributed by atoms with Crippen LogP contribution in [0.3, 0.4) is 0 Å². The molecule has 100 valence electrons. The number of nitrogens with zero attached hydrogens (tertiary/aromatic N) is 2. The van der Waals surface area contributed by atoms with Crippen molar-refractivity contribution in [2.24, 2.45) is 0 Å². The van der Waals surface area contributed by atoms with Crippen LogP contribution in [0.4, 0.5) is 0 Å². The monoisotopic (exact) mass is 330 g/mol. The van der Waals surface area contributed by atoms with E-state index in [1.54, 1.807) is 10.7 Å². The average Bonchev–Trinajstić information content (AvgIpc) is 2.81. The van der Waals surface area contributed by atoms with Crippen LogP contribution < -0.4 is 0 Å². The first kappa shape index (κ1) is 12.9. The molecular formula is C15H11BrN2O2. The van der Waals surface area contributed by atoms with E-state index in [0.29, 0.717) is 11.9 Å². The van der Waals surface area contributed by atoms with Gasteiger partial charge >= 0.3 is 5.97 Å². The summed E-state index contributed by atoms with van der Waals surface area (Å²) in [7, 11) is 0. The van der Waals surface area contributed by atoms with Crippen LogP contribution in [0.15, 0.2) is 53.0 Å². The summed E-state index contributed by atoms with van der Waals surface area (Å²) in [5, 5.41) is 14.1. The average molecular weight is 331 g/mol. The molecule has 4 nitrogen and oxygen atoms in total. The van der Waals surface area contributed by atoms with E-state index in [9.17, 15) is 9.90 Å². The lowest BCUT2D eigenvalue weighted by Gasteiger charge is -2.05. The van der Waals surface area contributed by atoms with E-state index < -0.39 is 5.97 Å². The van der Waals surface area contributed by atoms with Gasteiger partial charge in [0.2, 0.25) is 0 Å². The van der Waals surface area contributed by atoms with Crippen molar-refractivity contribution in [1.82, 2.24) is 9.78 Å². The zero-order valence-electron chi connectivity index (χ0n) is 10.5. The Morgan fingerprint density at radius 1 is 1.15 bits per heavy atom. The van der Waals surface area contributed by atoms with E-state index in [4.69, 9.17) is 0 Å². The third-order valence-electron chi connectivity index (χ3n) is 3.14. The largest absolute Gasteiger partial charge is 0.476 e. The number of hydrogen-bond acceptors (Lipinski definition) is 2. The fraction of sp³-hybridized carbons (Fsp3) is 0.0667. The summed E-state index contributed by atoms with van der Waals surface area (Å²) < 4.78 is 2.70. The molecule has 0 radical (unpaired) electrons. The van der Waals surface area contributed by atoms with E-state index in [-0.39, 0.29) is 5.69 Å². The van der Waals surface area contributed by atoms with E-state index in [1.807, 2.05) is 42.5 Å². The van der Waals surface area contributed by atoms with Crippen molar-refractivity contribution in [3.63, 3.8) is 0 Å². The van der Waals surface area contributed by atoms with E-state index in [0.717, 1.165) is 15.6 Å². The maximum atomic E-state index is 11.3. The van der Waals surface area contributed by atoms with E-state index in [1.165, 1.54) is 0 Å². The first-order valence-corrected chi connectivity index (χ1v) is 6.88. The van der Waals surface area contributed by atoms with Crippen LogP contribution in [0.1, 0.15) is 16.1 Å². The van der Waals surface area contributed by atoms with Gasteiger partial charge in [0.15, 0.2) is 5.69 Å². The quantitative estimate of drug-likeness (QED) is 0.799. The molecule has 0 fully saturated rings. The summed E-state index contributed by atoms with van der Waals surface area (Å²) in [6.07, 6.45) is 0. The smallest absolute Gasteiger partial charge is 0.357 e. The second kappa shape index (κ2) is 5.09. The summed E-state index contributed by atoms with van der Waals surface area (Å²) >= 11 is 3.50.